The standard InChI is InChI=1S/C11H16BNO/c1-2-13(12)8-9-14-10-11-6-4-3-5-7-11/h3-7H,2,8-10H2,1H3. The van der Waals surface area contributed by atoms with Gasteiger partial charge in [0, 0.05) is 6.54 Å². The van der Waals surface area contributed by atoms with Gasteiger partial charge in [-0.05, 0) is 12.1 Å². The van der Waals surface area contributed by atoms with Crippen molar-refractivity contribution in [3.8, 4) is 0 Å². The third kappa shape index (κ3) is 4.44. The molecule has 0 N–H and O–H groups in total. The molecule has 74 valence electrons. The molecule has 0 aliphatic heterocycles. The predicted octanol–water partition coefficient (Wildman–Crippen LogP) is 1.61. The van der Waals surface area contributed by atoms with Crippen molar-refractivity contribution in [2.24, 2.45) is 0 Å². The van der Waals surface area contributed by atoms with Gasteiger partial charge in [-0.3, -0.25) is 0 Å². The maximum Gasteiger partial charge on any atom is 0.182 e. The summed E-state index contributed by atoms with van der Waals surface area (Å²) in [5, 5.41) is 0. The minimum Gasteiger partial charge on any atom is -0.375 e. The topological polar surface area (TPSA) is 12.5 Å². The molecule has 14 heavy (non-hydrogen) atoms. The summed E-state index contributed by atoms with van der Waals surface area (Å²) in [4.78, 5) is 1.74. The van der Waals surface area contributed by atoms with Crippen LogP contribution in [0.15, 0.2) is 30.3 Å². The number of hydrogen-bond acceptors (Lipinski definition) is 2. The van der Waals surface area contributed by atoms with Crippen LogP contribution in [0.25, 0.3) is 0 Å². The molecule has 1 rings (SSSR count). The van der Waals surface area contributed by atoms with Crippen molar-refractivity contribution in [2.45, 2.75) is 13.5 Å². The average molecular weight is 189 g/mol. The smallest absolute Gasteiger partial charge is 0.182 e. The van der Waals surface area contributed by atoms with Gasteiger partial charge in [0.2, 0.25) is 0 Å². The lowest BCUT2D eigenvalue weighted by atomic mass is 10.2. The minimum atomic E-state index is 0.665. The van der Waals surface area contributed by atoms with Crippen molar-refractivity contribution in [2.75, 3.05) is 19.7 Å². The average Bonchev–Trinajstić information content (AvgIpc) is 2.25. The molecule has 0 fully saturated rings. The van der Waals surface area contributed by atoms with Crippen LogP contribution in [0.2, 0.25) is 0 Å². The maximum atomic E-state index is 5.61. The van der Waals surface area contributed by atoms with Gasteiger partial charge in [-0.2, -0.15) is 0 Å². The van der Waals surface area contributed by atoms with Gasteiger partial charge in [0.15, 0.2) is 7.98 Å². The highest BCUT2D eigenvalue weighted by Gasteiger charge is 1.94. The fourth-order valence-electron chi connectivity index (χ4n) is 1.10. The summed E-state index contributed by atoms with van der Waals surface area (Å²) >= 11 is 0. The van der Waals surface area contributed by atoms with E-state index in [4.69, 9.17) is 12.7 Å². The number of benzene rings is 1. The SMILES string of the molecule is [B]N(CC)CCOCc1ccccc1. The van der Waals surface area contributed by atoms with E-state index in [9.17, 15) is 0 Å². The highest BCUT2D eigenvalue weighted by atomic mass is 16.5. The maximum absolute atomic E-state index is 5.61. The van der Waals surface area contributed by atoms with E-state index in [-0.39, 0.29) is 0 Å². The van der Waals surface area contributed by atoms with Crippen molar-refractivity contribution in [1.29, 1.82) is 0 Å². The van der Waals surface area contributed by atoms with Crippen LogP contribution in [-0.2, 0) is 11.3 Å². The van der Waals surface area contributed by atoms with Crippen molar-refractivity contribution in [3.05, 3.63) is 35.9 Å². The predicted molar refractivity (Wildman–Crippen MR) is 59.1 cm³/mol. The Morgan fingerprint density at radius 1 is 1.29 bits per heavy atom. The van der Waals surface area contributed by atoms with Gasteiger partial charge in [0.25, 0.3) is 0 Å². The lowest BCUT2D eigenvalue weighted by Crippen LogP contribution is -2.24. The second-order valence-corrected chi connectivity index (χ2v) is 3.17. The third-order valence-corrected chi connectivity index (χ3v) is 2.04. The van der Waals surface area contributed by atoms with E-state index in [1.807, 2.05) is 25.1 Å². The molecular formula is C11H16BNO. The molecule has 3 heteroatoms. The highest BCUT2D eigenvalue weighted by molar-refractivity contribution is 6.04. The fourth-order valence-corrected chi connectivity index (χ4v) is 1.10. The van der Waals surface area contributed by atoms with E-state index < -0.39 is 0 Å². The van der Waals surface area contributed by atoms with E-state index in [0.29, 0.717) is 13.2 Å². The van der Waals surface area contributed by atoms with Crippen molar-refractivity contribution >= 4 is 7.98 Å². The molecule has 0 unspecified atom stereocenters. The highest BCUT2D eigenvalue weighted by Crippen LogP contribution is 1.99. The Bertz CT molecular complexity index is 240. The second-order valence-electron chi connectivity index (χ2n) is 3.17. The summed E-state index contributed by atoms with van der Waals surface area (Å²) in [5.74, 6) is 0. The van der Waals surface area contributed by atoms with E-state index in [2.05, 4.69) is 12.1 Å². The van der Waals surface area contributed by atoms with Gasteiger partial charge in [0.05, 0.1) is 13.2 Å². The number of hydrogen-bond donors (Lipinski definition) is 0. The molecule has 0 aliphatic rings. The summed E-state index contributed by atoms with van der Waals surface area (Å²) in [6.45, 7) is 5.01. The van der Waals surface area contributed by atoms with Crippen LogP contribution in [0.3, 0.4) is 0 Å². The minimum absolute atomic E-state index is 0.665. The summed E-state index contributed by atoms with van der Waals surface area (Å²) in [7, 11) is 5.61. The first kappa shape index (κ1) is 11.3. The zero-order valence-electron chi connectivity index (χ0n) is 8.65. The lowest BCUT2D eigenvalue weighted by Gasteiger charge is -2.13. The van der Waals surface area contributed by atoms with Crippen molar-refractivity contribution in [1.82, 2.24) is 4.81 Å². The van der Waals surface area contributed by atoms with Crippen LogP contribution in [0, 0.1) is 0 Å². The van der Waals surface area contributed by atoms with E-state index in [1.165, 1.54) is 5.56 Å². The summed E-state index contributed by atoms with van der Waals surface area (Å²) < 4.78 is 5.47. The van der Waals surface area contributed by atoms with Crippen molar-refractivity contribution in [3.63, 3.8) is 0 Å². The summed E-state index contributed by atoms with van der Waals surface area (Å²) in [6.07, 6.45) is 0. The first-order valence-electron chi connectivity index (χ1n) is 4.94. The Morgan fingerprint density at radius 3 is 2.64 bits per heavy atom. The Labute approximate surface area is 87.3 Å². The molecule has 1 aromatic carbocycles. The van der Waals surface area contributed by atoms with Crippen LogP contribution >= 0.6 is 0 Å². The van der Waals surface area contributed by atoms with E-state index in [0.717, 1.165) is 13.1 Å². The van der Waals surface area contributed by atoms with Gasteiger partial charge in [-0.25, -0.2) is 0 Å². The molecule has 0 amide bonds. The van der Waals surface area contributed by atoms with E-state index in [1.54, 1.807) is 4.81 Å². The Hall–Kier alpha value is -0.795. The van der Waals surface area contributed by atoms with Crippen LogP contribution in [0.4, 0.5) is 0 Å². The number of rotatable bonds is 6. The normalized spacial score (nSPS) is 10.7. The number of ether oxygens (including phenoxy) is 1. The summed E-state index contributed by atoms with van der Waals surface area (Å²) in [6, 6.07) is 10.1. The van der Waals surface area contributed by atoms with Gasteiger partial charge < -0.3 is 9.55 Å². The Balaban J connectivity index is 2.10. The van der Waals surface area contributed by atoms with Crippen molar-refractivity contribution < 1.29 is 4.74 Å². The molecular weight excluding hydrogens is 173 g/mol. The van der Waals surface area contributed by atoms with Gasteiger partial charge >= 0.3 is 0 Å². The molecule has 2 nitrogen and oxygen atoms in total. The molecule has 0 saturated heterocycles. The molecule has 1 aromatic rings. The van der Waals surface area contributed by atoms with Crippen LogP contribution in [0.1, 0.15) is 12.5 Å². The van der Waals surface area contributed by atoms with Gasteiger partial charge in [-0.15, -0.1) is 0 Å². The molecule has 0 spiro atoms. The largest absolute Gasteiger partial charge is 0.375 e. The molecule has 2 radical (unpaired) electrons. The zero-order chi connectivity index (χ0) is 10.2. The molecule has 0 saturated carbocycles. The fraction of sp³-hybridized carbons (Fsp3) is 0.455. The first-order chi connectivity index (χ1) is 6.83. The molecule has 0 aromatic heterocycles. The molecule has 0 atom stereocenters. The molecule has 0 aliphatic carbocycles. The monoisotopic (exact) mass is 189 g/mol. The molecule has 0 heterocycles. The Morgan fingerprint density at radius 2 is 2.00 bits per heavy atom. The molecule has 0 bridgehead atoms. The van der Waals surface area contributed by atoms with Crippen LogP contribution in [-0.4, -0.2) is 32.5 Å². The number of nitrogens with zero attached hydrogens (tertiary/aromatic N) is 1. The lowest BCUT2D eigenvalue weighted by molar-refractivity contribution is 0.111. The van der Waals surface area contributed by atoms with E-state index >= 15 is 0 Å². The Kier molecular flexibility index (Phi) is 5.34. The van der Waals surface area contributed by atoms with Gasteiger partial charge in [-0.1, -0.05) is 37.3 Å². The number of likely N-dealkylation sites (N-methyl/N-ethyl adjacent to an activating group) is 1. The van der Waals surface area contributed by atoms with Gasteiger partial charge in [0.1, 0.15) is 0 Å². The summed E-state index contributed by atoms with van der Waals surface area (Å²) in [5.41, 5.74) is 1.20. The van der Waals surface area contributed by atoms with Crippen LogP contribution < -0.4 is 0 Å². The zero-order valence-corrected chi connectivity index (χ0v) is 8.65. The third-order valence-electron chi connectivity index (χ3n) is 2.04. The van der Waals surface area contributed by atoms with Crippen LogP contribution in [0.5, 0.6) is 0 Å². The first-order valence-corrected chi connectivity index (χ1v) is 4.94. The quantitative estimate of drug-likeness (QED) is 0.497. The second kappa shape index (κ2) is 6.63.